The van der Waals surface area contributed by atoms with Gasteiger partial charge in [-0.2, -0.15) is 0 Å². The Bertz CT molecular complexity index is 612. The van der Waals surface area contributed by atoms with Crippen LogP contribution in [-0.4, -0.2) is 41.2 Å². The monoisotopic (exact) mass is 303 g/mol. The first-order chi connectivity index (χ1) is 10.1. The molecule has 4 heteroatoms. The van der Waals surface area contributed by atoms with Crippen LogP contribution in [0.5, 0.6) is 5.75 Å². The summed E-state index contributed by atoms with van der Waals surface area (Å²) in [5, 5.41) is 9.79. The van der Waals surface area contributed by atoms with Crippen molar-refractivity contribution in [2.45, 2.75) is 45.2 Å². The molecule has 0 atom stereocenters. The number of ether oxygens (including phenoxy) is 1. The van der Waals surface area contributed by atoms with Crippen molar-refractivity contribution >= 4 is 11.5 Å². The summed E-state index contributed by atoms with van der Waals surface area (Å²) in [5.74, 6) is -0.0779. The molecule has 0 bridgehead atoms. The third kappa shape index (κ3) is 2.63. The van der Waals surface area contributed by atoms with Gasteiger partial charge < -0.3 is 9.84 Å². The number of nitrogens with zero attached hydrogens (tertiary/aromatic N) is 1. The lowest BCUT2D eigenvalue weighted by Crippen LogP contribution is -2.58. The largest absolute Gasteiger partial charge is 0.497 e. The van der Waals surface area contributed by atoms with Crippen LogP contribution in [0.4, 0.5) is 0 Å². The summed E-state index contributed by atoms with van der Waals surface area (Å²) in [6, 6.07) is 7.63. The van der Waals surface area contributed by atoms with Crippen molar-refractivity contribution < 1.29 is 14.6 Å². The van der Waals surface area contributed by atoms with Crippen LogP contribution in [0.1, 0.15) is 39.7 Å². The maximum absolute atomic E-state index is 11.9. The molecule has 0 unspecified atom stereocenters. The van der Waals surface area contributed by atoms with Crippen LogP contribution < -0.4 is 4.74 Å². The van der Waals surface area contributed by atoms with E-state index in [-0.39, 0.29) is 5.54 Å². The van der Waals surface area contributed by atoms with Crippen molar-refractivity contribution in [1.29, 1.82) is 0 Å². The molecule has 1 aromatic rings. The number of carboxylic acids is 1. The standard InChI is InChI=1S/C18H25NO3/c1-17(2)11-14(12-7-9-13(22-6)10-8-12)15(16(20)21)18(3,4)19(17)5/h7-10H,11H2,1-6H3,(H,20,21). The molecule has 0 fully saturated rings. The molecule has 0 aliphatic carbocycles. The Kier molecular flexibility index (Phi) is 4.09. The maximum atomic E-state index is 11.9. The number of rotatable bonds is 3. The van der Waals surface area contributed by atoms with E-state index in [0.717, 1.165) is 16.9 Å². The van der Waals surface area contributed by atoms with Gasteiger partial charge in [0.1, 0.15) is 5.75 Å². The van der Waals surface area contributed by atoms with Gasteiger partial charge in [-0.05, 0) is 64.4 Å². The predicted molar refractivity (Wildman–Crippen MR) is 88.1 cm³/mol. The fourth-order valence-electron chi connectivity index (χ4n) is 3.36. The highest BCUT2D eigenvalue weighted by atomic mass is 16.5. The number of aliphatic carboxylic acids is 1. The highest BCUT2D eigenvalue weighted by Crippen LogP contribution is 2.44. The van der Waals surface area contributed by atoms with Crippen molar-refractivity contribution in [1.82, 2.24) is 4.90 Å². The predicted octanol–water partition coefficient (Wildman–Crippen LogP) is 3.43. The minimum atomic E-state index is -0.849. The fraction of sp³-hybridized carbons (Fsp3) is 0.500. The molecule has 1 N–H and O–H groups in total. The van der Waals surface area contributed by atoms with Gasteiger partial charge in [0.25, 0.3) is 0 Å². The van der Waals surface area contributed by atoms with Crippen LogP contribution in [-0.2, 0) is 4.79 Å². The number of carbonyl (C=O) groups is 1. The summed E-state index contributed by atoms with van der Waals surface area (Å²) >= 11 is 0. The zero-order valence-corrected chi connectivity index (χ0v) is 14.2. The zero-order valence-electron chi connectivity index (χ0n) is 14.2. The second-order valence-electron chi connectivity index (χ2n) is 6.99. The second-order valence-corrected chi connectivity index (χ2v) is 6.99. The van der Waals surface area contributed by atoms with E-state index in [1.165, 1.54) is 0 Å². The van der Waals surface area contributed by atoms with Crippen molar-refractivity contribution in [3.05, 3.63) is 35.4 Å². The first-order valence-electron chi connectivity index (χ1n) is 7.46. The van der Waals surface area contributed by atoms with E-state index < -0.39 is 11.5 Å². The van der Waals surface area contributed by atoms with Crippen LogP contribution in [0.3, 0.4) is 0 Å². The van der Waals surface area contributed by atoms with Crippen LogP contribution >= 0.6 is 0 Å². The summed E-state index contributed by atoms with van der Waals surface area (Å²) < 4.78 is 5.19. The van der Waals surface area contributed by atoms with Gasteiger partial charge in [0.05, 0.1) is 12.7 Å². The average Bonchev–Trinajstić information content (AvgIpc) is 2.44. The molecular weight excluding hydrogens is 278 g/mol. The fourth-order valence-corrected chi connectivity index (χ4v) is 3.36. The number of hydrogen-bond donors (Lipinski definition) is 1. The van der Waals surface area contributed by atoms with Gasteiger partial charge in [-0.25, -0.2) is 4.79 Å². The number of likely N-dealkylation sites (N-methyl/N-ethyl adjacent to an activating group) is 1. The van der Waals surface area contributed by atoms with Crippen molar-refractivity contribution in [3.8, 4) is 5.75 Å². The van der Waals surface area contributed by atoms with Gasteiger partial charge in [-0.3, -0.25) is 4.90 Å². The smallest absolute Gasteiger partial charge is 0.333 e. The lowest BCUT2D eigenvalue weighted by Gasteiger charge is -2.51. The quantitative estimate of drug-likeness (QED) is 0.929. The highest BCUT2D eigenvalue weighted by Gasteiger charge is 2.46. The molecule has 2 rings (SSSR count). The van der Waals surface area contributed by atoms with E-state index in [9.17, 15) is 9.90 Å². The summed E-state index contributed by atoms with van der Waals surface area (Å²) in [5.41, 5.74) is 1.68. The Labute approximate surface area is 132 Å². The molecule has 1 aromatic carbocycles. The minimum Gasteiger partial charge on any atom is -0.497 e. The Morgan fingerprint density at radius 2 is 1.73 bits per heavy atom. The SMILES string of the molecule is COc1ccc(C2=C(C(=O)O)C(C)(C)N(C)C(C)(C)C2)cc1. The van der Waals surface area contributed by atoms with Gasteiger partial charge in [0, 0.05) is 11.1 Å². The van der Waals surface area contributed by atoms with E-state index in [1.54, 1.807) is 7.11 Å². The molecule has 0 aromatic heterocycles. The van der Waals surface area contributed by atoms with Crippen molar-refractivity contribution in [2.75, 3.05) is 14.2 Å². The molecule has 22 heavy (non-hydrogen) atoms. The first kappa shape index (κ1) is 16.6. The molecule has 0 saturated carbocycles. The second kappa shape index (κ2) is 5.43. The van der Waals surface area contributed by atoms with Crippen LogP contribution in [0.25, 0.3) is 5.57 Å². The van der Waals surface area contributed by atoms with Gasteiger partial charge in [-0.15, -0.1) is 0 Å². The summed E-state index contributed by atoms with van der Waals surface area (Å²) in [6.07, 6.45) is 0.695. The molecule has 0 saturated heterocycles. The molecule has 1 aliphatic rings. The first-order valence-corrected chi connectivity index (χ1v) is 7.46. The molecule has 0 amide bonds. The Balaban J connectivity index is 2.65. The van der Waals surface area contributed by atoms with E-state index in [2.05, 4.69) is 18.7 Å². The van der Waals surface area contributed by atoms with E-state index in [0.29, 0.717) is 12.0 Å². The molecule has 1 aliphatic heterocycles. The third-order valence-corrected chi connectivity index (χ3v) is 4.92. The zero-order chi connectivity index (χ0) is 16.7. The minimum absolute atomic E-state index is 0.113. The maximum Gasteiger partial charge on any atom is 0.333 e. The van der Waals surface area contributed by atoms with Gasteiger partial charge in [0.15, 0.2) is 0 Å². The van der Waals surface area contributed by atoms with Crippen LogP contribution in [0.2, 0.25) is 0 Å². The van der Waals surface area contributed by atoms with Crippen LogP contribution in [0.15, 0.2) is 29.8 Å². The molecule has 4 nitrogen and oxygen atoms in total. The molecule has 120 valence electrons. The lowest BCUT2D eigenvalue weighted by molar-refractivity contribution is -0.134. The summed E-state index contributed by atoms with van der Waals surface area (Å²) in [6.45, 7) is 8.25. The van der Waals surface area contributed by atoms with E-state index in [1.807, 2.05) is 45.2 Å². The molecule has 0 radical (unpaired) electrons. The van der Waals surface area contributed by atoms with Gasteiger partial charge in [-0.1, -0.05) is 12.1 Å². The summed E-state index contributed by atoms with van der Waals surface area (Å²) in [7, 11) is 3.62. The van der Waals surface area contributed by atoms with E-state index >= 15 is 0 Å². The van der Waals surface area contributed by atoms with Gasteiger partial charge >= 0.3 is 5.97 Å². The normalized spacial score (nSPS) is 20.8. The Morgan fingerprint density at radius 1 is 1.18 bits per heavy atom. The number of carboxylic acid groups (broad SMARTS) is 1. The van der Waals surface area contributed by atoms with Gasteiger partial charge in [0.2, 0.25) is 0 Å². The highest BCUT2D eigenvalue weighted by molar-refractivity contribution is 5.99. The number of hydrogen-bond acceptors (Lipinski definition) is 3. The van der Waals surface area contributed by atoms with E-state index in [4.69, 9.17) is 4.74 Å². The average molecular weight is 303 g/mol. The van der Waals surface area contributed by atoms with Crippen LogP contribution in [0, 0.1) is 0 Å². The third-order valence-electron chi connectivity index (χ3n) is 4.92. The lowest BCUT2D eigenvalue weighted by atomic mass is 9.73. The molecule has 0 spiro atoms. The topological polar surface area (TPSA) is 49.8 Å². The Morgan fingerprint density at radius 3 is 2.18 bits per heavy atom. The van der Waals surface area contributed by atoms with Crippen molar-refractivity contribution in [2.24, 2.45) is 0 Å². The van der Waals surface area contributed by atoms with Crippen molar-refractivity contribution in [3.63, 3.8) is 0 Å². The molecule has 1 heterocycles. The number of methoxy groups -OCH3 is 1. The summed E-state index contributed by atoms with van der Waals surface area (Å²) in [4.78, 5) is 14.1. The molecular formula is C18H25NO3. The Hall–Kier alpha value is -1.81. The number of benzene rings is 1.